The van der Waals surface area contributed by atoms with Gasteiger partial charge in [-0.2, -0.15) is 0 Å². The van der Waals surface area contributed by atoms with Crippen LogP contribution in [0.15, 0.2) is 6.07 Å². The molecule has 1 atom stereocenters. The molecule has 0 spiro atoms. The second-order valence-corrected chi connectivity index (χ2v) is 4.26. The molecule has 4 heteroatoms. The van der Waals surface area contributed by atoms with Gasteiger partial charge in [0.1, 0.15) is 0 Å². The van der Waals surface area contributed by atoms with Crippen LogP contribution in [0, 0.1) is 20.8 Å². The molecule has 0 fully saturated rings. The largest absolute Gasteiger partial charge is 0.468 e. The summed E-state index contributed by atoms with van der Waals surface area (Å²) < 4.78 is 4.60. The van der Waals surface area contributed by atoms with Crippen molar-refractivity contribution in [3.8, 4) is 0 Å². The molecule has 1 aromatic rings. The fourth-order valence-corrected chi connectivity index (χ4v) is 2.10. The van der Waals surface area contributed by atoms with Gasteiger partial charge in [0.2, 0.25) is 0 Å². The van der Waals surface area contributed by atoms with Gasteiger partial charge >= 0.3 is 5.97 Å². The van der Waals surface area contributed by atoms with E-state index in [0.717, 1.165) is 17.0 Å². The summed E-state index contributed by atoms with van der Waals surface area (Å²) in [6.07, 6.45) is 0. The van der Waals surface area contributed by atoms with Gasteiger partial charge in [0.25, 0.3) is 0 Å². The summed E-state index contributed by atoms with van der Waals surface area (Å²) in [6.45, 7) is 8.27. The lowest BCUT2D eigenvalue weighted by Gasteiger charge is -2.18. The lowest BCUT2D eigenvalue weighted by atomic mass is 10.0. The summed E-state index contributed by atoms with van der Waals surface area (Å²) in [7, 11) is 1.39. The minimum absolute atomic E-state index is 0.0854. The zero-order valence-electron chi connectivity index (χ0n) is 11.1. The number of nitrogens with one attached hydrogen (secondary N) is 1. The van der Waals surface area contributed by atoms with Crippen molar-refractivity contribution in [2.24, 2.45) is 0 Å². The molecule has 1 rings (SSSR count). The van der Waals surface area contributed by atoms with Gasteiger partial charge in [0.05, 0.1) is 13.7 Å². The molecular formula is C13H20N2O2. The maximum Gasteiger partial charge on any atom is 0.319 e. The molecule has 1 N–H and O–H groups in total. The van der Waals surface area contributed by atoms with Crippen molar-refractivity contribution < 1.29 is 9.53 Å². The highest BCUT2D eigenvalue weighted by atomic mass is 16.5. The first-order chi connectivity index (χ1) is 7.95. The third-order valence-corrected chi connectivity index (χ3v) is 2.80. The lowest BCUT2D eigenvalue weighted by Crippen LogP contribution is -2.27. The predicted molar refractivity (Wildman–Crippen MR) is 66.9 cm³/mol. The summed E-state index contributed by atoms with van der Waals surface area (Å²) in [6, 6.07) is 2.14. The summed E-state index contributed by atoms with van der Waals surface area (Å²) >= 11 is 0. The van der Waals surface area contributed by atoms with Gasteiger partial charge in [0, 0.05) is 17.4 Å². The number of nitrogens with zero attached hydrogens (tertiary/aromatic N) is 1. The van der Waals surface area contributed by atoms with Gasteiger partial charge < -0.3 is 10.1 Å². The molecule has 94 valence electrons. The minimum Gasteiger partial charge on any atom is -0.468 e. The SMILES string of the molecule is COC(=O)CNC(C)c1c(C)cc(C)nc1C. The second-order valence-electron chi connectivity index (χ2n) is 4.26. The predicted octanol–water partition coefficient (Wildman–Crippen LogP) is 1.83. The van der Waals surface area contributed by atoms with Gasteiger partial charge in [-0.15, -0.1) is 0 Å². The van der Waals surface area contributed by atoms with Crippen LogP contribution in [0.2, 0.25) is 0 Å². The van der Waals surface area contributed by atoms with E-state index >= 15 is 0 Å². The minimum atomic E-state index is -0.257. The first-order valence-electron chi connectivity index (χ1n) is 5.70. The number of hydrogen-bond acceptors (Lipinski definition) is 4. The normalized spacial score (nSPS) is 12.3. The molecular weight excluding hydrogens is 216 g/mol. The molecule has 0 bridgehead atoms. The zero-order valence-corrected chi connectivity index (χ0v) is 11.1. The van der Waals surface area contributed by atoms with E-state index in [1.54, 1.807) is 0 Å². The van der Waals surface area contributed by atoms with E-state index in [1.165, 1.54) is 12.7 Å². The molecule has 1 unspecified atom stereocenters. The molecule has 0 saturated carbocycles. The smallest absolute Gasteiger partial charge is 0.319 e. The highest BCUT2D eigenvalue weighted by Gasteiger charge is 2.13. The molecule has 0 radical (unpaired) electrons. The Morgan fingerprint density at radius 3 is 2.65 bits per heavy atom. The third kappa shape index (κ3) is 3.53. The van der Waals surface area contributed by atoms with Crippen LogP contribution in [0.4, 0.5) is 0 Å². The van der Waals surface area contributed by atoms with Gasteiger partial charge in [-0.1, -0.05) is 0 Å². The first kappa shape index (κ1) is 13.6. The second kappa shape index (κ2) is 5.77. The number of pyridine rings is 1. The van der Waals surface area contributed by atoms with E-state index in [0.29, 0.717) is 0 Å². The van der Waals surface area contributed by atoms with Crippen molar-refractivity contribution >= 4 is 5.97 Å². The Morgan fingerprint density at radius 2 is 2.12 bits per heavy atom. The average Bonchev–Trinajstić information content (AvgIpc) is 2.24. The molecule has 0 saturated heterocycles. The Labute approximate surface area is 102 Å². The van der Waals surface area contributed by atoms with Gasteiger partial charge in [-0.05, 0) is 44.9 Å². The van der Waals surface area contributed by atoms with Crippen molar-refractivity contribution in [1.29, 1.82) is 0 Å². The van der Waals surface area contributed by atoms with Crippen LogP contribution < -0.4 is 5.32 Å². The number of carbonyl (C=O) groups excluding carboxylic acids is 1. The van der Waals surface area contributed by atoms with Crippen LogP contribution >= 0.6 is 0 Å². The third-order valence-electron chi connectivity index (χ3n) is 2.80. The molecule has 0 aliphatic heterocycles. The number of aromatic nitrogens is 1. The van der Waals surface area contributed by atoms with E-state index in [2.05, 4.69) is 28.0 Å². The summed E-state index contributed by atoms with van der Waals surface area (Å²) in [5.41, 5.74) is 4.37. The number of aryl methyl sites for hydroxylation is 3. The van der Waals surface area contributed by atoms with Crippen molar-refractivity contribution in [3.05, 3.63) is 28.6 Å². The quantitative estimate of drug-likeness (QED) is 0.810. The molecule has 4 nitrogen and oxygen atoms in total. The number of methoxy groups -OCH3 is 1. The van der Waals surface area contributed by atoms with Gasteiger partial charge in [-0.3, -0.25) is 9.78 Å². The van der Waals surface area contributed by atoms with E-state index in [-0.39, 0.29) is 18.6 Å². The van der Waals surface area contributed by atoms with Crippen LogP contribution in [-0.4, -0.2) is 24.6 Å². The van der Waals surface area contributed by atoms with Crippen molar-refractivity contribution in [2.75, 3.05) is 13.7 Å². The number of hydrogen-bond donors (Lipinski definition) is 1. The highest BCUT2D eigenvalue weighted by molar-refractivity contribution is 5.71. The zero-order chi connectivity index (χ0) is 13.0. The monoisotopic (exact) mass is 236 g/mol. The Morgan fingerprint density at radius 1 is 1.47 bits per heavy atom. The molecule has 0 aromatic carbocycles. The average molecular weight is 236 g/mol. The number of ether oxygens (including phenoxy) is 1. The van der Waals surface area contributed by atoms with Crippen LogP contribution in [0.25, 0.3) is 0 Å². The molecule has 0 aliphatic carbocycles. The molecule has 17 heavy (non-hydrogen) atoms. The van der Waals surface area contributed by atoms with Crippen molar-refractivity contribution in [3.63, 3.8) is 0 Å². The van der Waals surface area contributed by atoms with Crippen LogP contribution in [0.3, 0.4) is 0 Å². The Hall–Kier alpha value is -1.42. The van der Waals surface area contributed by atoms with E-state index < -0.39 is 0 Å². The van der Waals surface area contributed by atoms with Crippen molar-refractivity contribution in [1.82, 2.24) is 10.3 Å². The van der Waals surface area contributed by atoms with E-state index in [9.17, 15) is 4.79 Å². The number of rotatable bonds is 4. The maximum absolute atomic E-state index is 11.1. The van der Waals surface area contributed by atoms with E-state index in [4.69, 9.17) is 0 Å². The van der Waals surface area contributed by atoms with Crippen LogP contribution in [-0.2, 0) is 9.53 Å². The lowest BCUT2D eigenvalue weighted by molar-refractivity contribution is -0.139. The van der Waals surface area contributed by atoms with Gasteiger partial charge in [-0.25, -0.2) is 0 Å². The summed E-state index contributed by atoms with van der Waals surface area (Å²) in [5.74, 6) is -0.257. The highest BCUT2D eigenvalue weighted by Crippen LogP contribution is 2.20. The first-order valence-corrected chi connectivity index (χ1v) is 5.70. The van der Waals surface area contributed by atoms with Crippen molar-refractivity contribution in [2.45, 2.75) is 33.7 Å². The van der Waals surface area contributed by atoms with Crippen LogP contribution in [0.5, 0.6) is 0 Å². The Bertz CT molecular complexity index is 393. The Kier molecular flexibility index (Phi) is 4.63. The number of esters is 1. The topological polar surface area (TPSA) is 51.2 Å². The molecule has 0 aliphatic rings. The fraction of sp³-hybridized carbons (Fsp3) is 0.538. The summed E-state index contributed by atoms with van der Waals surface area (Å²) in [4.78, 5) is 15.5. The Balaban J connectivity index is 2.82. The fourth-order valence-electron chi connectivity index (χ4n) is 2.10. The molecule has 1 heterocycles. The van der Waals surface area contributed by atoms with E-state index in [1.807, 2.05) is 20.8 Å². The number of carbonyl (C=O) groups is 1. The maximum atomic E-state index is 11.1. The standard InChI is InChI=1S/C13H20N2O2/c1-8-6-9(2)15-11(4)13(8)10(3)14-7-12(16)17-5/h6,10,14H,7H2,1-5H3. The molecule has 1 aromatic heterocycles. The van der Waals surface area contributed by atoms with Crippen LogP contribution in [0.1, 0.15) is 35.5 Å². The van der Waals surface area contributed by atoms with Gasteiger partial charge in [0.15, 0.2) is 0 Å². The summed E-state index contributed by atoms with van der Waals surface area (Å²) in [5, 5.41) is 3.14. The molecule has 0 amide bonds.